The zero-order valence-electron chi connectivity index (χ0n) is 30.1. The number of nitrogens with zero attached hydrogens (tertiary/aromatic N) is 8. The van der Waals surface area contributed by atoms with Crippen LogP contribution in [-0.2, 0) is 0 Å². The van der Waals surface area contributed by atoms with Crippen molar-refractivity contribution in [2.24, 2.45) is 20.4 Å². The van der Waals surface area contributed by atoms with Crippen LogP contribution in [0.15, 0.2) is 142 Å². The third kappa shape index (κ3) is 10.4. The highest BCUT2D eigenvalue weighted by atomic mass is 16.3. The first-order chi connectivity index (χ1) is 28.3. The SMILES string of the molecule is O=C(N/N=C/c1cc(-c2cc(/C=N/NC(=O)c3ccccn3)c(O)c(/C=N/NC(O)c3ccccn3)c2)cc(/C=N/NC(=O)c2ccccn2)c1O)c1ccccn1. The lowest BCUT2D eigenvalue weighted by molar-refractivity contribution is 0.0942. The van der Waals surface area contributed by atoms with Crippen LogP contribution in [0.5, 0.6) is 11.5 Å². The van der Waals surface area contributed by atoms with Crippen molar-refractivity contribution in [2.75, 3.05) is 0 Å². The maximum atomic E-state index is 12.6. The van der Waals surface area contributed by atoms with Crippen LogP contribution in [0.1, 0.15) is 65.6 Å². The Morgan fingerprint density at radius 1 is 0.500 bits per heavy atom. The molecule has 0 spiro atoms. The van der Waals surface area contributed by atoms with Gasteiger partial charge in [0.1, 0.15) is 28.6 Å². The number of amides is 3. The second kappa shape index (κ2) is 19.2. The summed E-state index contributed by atoms with van der Waals surface area (Å²) in [5.74, 6) is -2.42. The molecule has 3 amide bonds. The molecule has 6 aromatic rings. The van der Waals surface area contributed by atoms with Crippen molar-refractivity contribution < 1.29 is 29.7 Å². The third-order valence-electron chi connectivity index (χ3n) is 7.84. The van der Waals surface area contributed by atoms with Crippen molar-refractivity contribution >= 4 is 42.6 Å². The normalized spacial score (nSPS) is 11.9. The van der Waals surface area contributed by atoms with Crippen molar-refractivity contribution in [3.05, 3.63) is 167 Å². The maximum Gasteiger partial charge on any atom is 0.289 e. The van der Waals surface area contributed by atoms with E-state index in [1.54, 1.807) is 66.7 Å². The van der Waals surface area contributed by atoms with Crippen LogP contribution in [0.2, 0.25) is 0 Å². The van der Waals surface area contributed by atoms with Crippen LogP contribution in [-0.4, -0.2) is 77.8 Å². The van der Waals surface area contributed by atoms with E-state index in [9.17, 15) is 29.7 Å². The van der Waals surface area contributed by atoms with Gasteiger partial charge in [0.25, 0.3) is 17.7 Å². The van der Waals surface area contributed by atoms with Gasteiger partial charge < -0.3 is 15.3 Å². The summed E-state index contributed by atoms with van der Waals surface area (Å²) in [6.07, 6.45) is 9.45. The van der Waals surface area contributed by atoms with Gasteiger partial charge in [-0.15, -0.1) is 0 Å². The van der Waals surface area contributed by atoms with Crippen molar-refractivity contribution in [2.45, 2.75) is 6.23 Å². The number of carbonyl (C=O) groups is 3. The molecule has 18 nitrogen and oxygen atoms in total. The summed E-state index contributed by atoms with van der Waals surface area (Å²) >= 11 is 0. The number of aromatic hydroxyl groups is 2. The Kier molecular flexibility index (Phi) is 13.0. The highest BCUT2D eigenvalue weighted by molar-refractivity contribution is 6.00. The third-order valence-corrected chi connectivity index (χ3v) is 7.84. The van der Waals surface area contributed by atoms with E-state index < -0.39 is 23.9 Å². The molecule has 58 heavy (non-hydrogen) atoms. The number of pyridine rings is 4. The minimum Gasteiger partial charge on any atom is -0.507 e. The molecule has 0 saturated carbocycles. The molecule has 0 saturated heterocycles. The van der Waals surface area contributed by atoms with Gasteiger partial charge in [0, 0.05) is 47.0 Å². The molecule has 6 rings (SSSR count). The average Bonchev–Trinajstić information content (AvgIpc) is 3.26. The van der Waals surface area contributed by atoms with Gasteiger partial charge in [-0.2, -0.15) is 20.4 Å². The number of hydrogen-bond acceptors (Lipinski definition) is 15. The van der Waals surface area contributed by atoms with Gasteiger partial charge >= 0.3 is 0 Å². The molecular formula is C40H32N12O6. The molecule has 4 heterocycles. The van der Waals surface area contributed by atoms with Gasteiger partial charge in [-0.3, -0.25) is 39.7 Å². The second-order valence-corrected chi connectivity index (χ2v) is 11.8. The van der Waals surface area contributed by atoms with Crippen molar-refractivity contribution in [1.29, 1.82) is 0 Å². The smallest absolute Gasteiger partial charge is 0.289 e. The minimum atomic E-state index is -1.28. The number of hydrazone groups is 4. The molecule has 1 unspecified atom stereocenters. The standard InChI is InChI=1S/C40H32N12O6/c53-35-27(21-45-49-37(55)31-9-1-5-13-41-31)17-25(18-28(35)22-46-50-38(56)32-10-2-6-14-42-32)26-19-29(23-47-51-39(57)33-11-3-7-15-43-33)36(54)30(20-26)24-48-52-40(58)34-12-4-8-16-44-34/h1-24,37,49,53-55H,(H,50,56)(H,51,57)(H,52,58)/b45-21+,46-22+,47-23+,48-24+. The number of aliphatic hydroxyl groups excluding tert-OH is 1. The summed E-state index contributed by atoms with van der Waals surface area (Å²) in [4.78, 5) is 53.9. The Hall–Kier alpha value is -8.51. The molecule has 1 atom stereocenters. The first kappa shape index (κ1) is 39.2. The van der Waals surface area contributed by atoms with Crippen molar-refractivity contribution in [3.63, 3.8) is 0 Å². The predicted molar refractivity (Wildman–Crippen MR) is 213 cm³/mol. The fourth-order valence-corrected chi connectivity index (χ4v) is 5.01. The maximum absolute atomic E-state index is 12.6. The van der Waals surface area contributed by atoms with E-state index >= 15 is 0 Å². The van der Waals surface area contributed by atoms with Crippen LogP contribution in [0.25, 0.3) is 11.1 Å². The highest BCUT2D eigenvalue weighted by Gasteiger charge is 2.15. The number of aliphatic hydroxyl groups is 1. The molecule has 4 aromatic heterocycles. The molecule has 0 radical (unpaired) electrons. The number of carbonyl (C=O) groups excluding carboxylic acids is 3. The van der Waals surface area contributed by atoms with Crippen molar-refractivity contribution in [1.82, 2.24) is 41.6 Å². The Labute approximate surface area is 329 Å². The van der Waals surface area contributed by atoms with E-state index in [4.69, 9.17) is 0 Å². The first-order valence-corrected chi connectivity index (χ1v) is 17.1. The zero-order chi connectivity index (χ0) is 40.7. The molecule has 0 bridgehead atoms. The number of phenols is 2. The summed E-state index contributed by atoms with van der Waals surface area (Å²) in [6, 6.07) is 25.6. The lowest BCUT2D eigenvalue weighted by Gasteiger charge is -2.13. The number of rotatable bonds is 14. The summed E-state index contributed by atoms with van der Waals surface area (Å²) in [7, 11) is 0. The van der Waals surface area contributed by atoms with Crippen LogP contribution < -0.4 is 21.7 Å². The largest absolute Gasteiger partial charge is 0.507 e. The lowest BCUT2D eigenvalue weighted by atomic mass is 9.95. The van der Waals surface area contributed by atoms with Gasteiger partial charge in [0.05, 0.1) is 30.6 Å². The molecule has 0 fully saturated rings. The first-order valence-electron chi connectivity index (χ1n) is 17.1. The van der Waals surface area contributed by atoms with Crippen LogP contribution >= 0.6 is 0 Å². The minimum absolute atomic E-state index is 0.109. The summed E-state index contributed by atoms with van der Waals surface area (Å²) in [6.45, 7) is 0. The molecule has 2 aromatic carbocycles. The molecule has 288 valence electrons. The molecule has 18 heteroatoms. The lowest BCUT2D eigenvalue weighted by Crippen LogP contribution is -2.19. The molecule has 0 aliphatic carbocycles. The Morgan fingerprint density at radius 2 is 0.845 bits per heavy atom. The van der Waals surface area contributed by atoms with Gasteiger partial charge in [-0.05, 0) is 83.9 Å². The number of hydrogen-bond donors (Lipinski definition) is 7. The van der Waals surface area contributed by atoms with Gasteiger partial charge in [0.2, 0.25) is 0 Å². The van der Waals surface area contributed by atoms with Crippen LogP contribution in [0, 0.1) is 0 Å². The van der Waals surface area contributed by atoms with Gasteiger partial charge in [-0.1, -0.05) is 24.3 Å². The second-order valence-electron chi connectivity index (χ2n) is 11.8. The topological polar surface area (TPSA) is 261 Å². The van der Waals surface area contributed by atoms with Gasteiger partial charge in [0.15, 0.2) is 6.23 Å². The fourth-order valence-electron chi connectivity index (χ4n) is 5.01. The molecule has 0 aliphatic rings. The Bertz CT molecular complexity index is 2420. The molecular weight excluding hydrogens is 745 g/mol. The van der Waals surface area contributed by atoms with Gasteiger partial charge in [-0.25, -0.2) is 16.3 Å². The number of phenolic OH excluding ortho intramolecular Hbond substituents is 2. The number of nitrogens with one attached hydrogen (secondary N) is 4. The van der Waals surface area contributed by atoms with E-state index in [-0.39, 0.29) is 50.8 Å². The fraction of sp³-hybridized carbons (Fsp3) is 0.0250. The summed E-state index contributed by atoms with van der Waals surface area (Å²) < 4.78 is 0. The Morgan fingerprint density at radius 3 is 1.17 bits per heavy atom. The number of benzene rings is 2. The van der Waals surface area contributed by atoms with E-state index in [0.717, 1.165) is 0 Å². The van der Waals surface area contributed by atoms with Crippen molar-refractivity contribution in [3.8, 4) is 22.6 Å². The molecule has 0 aliphatic heterocycles. The molecule has 7 N–H and O–H groups in total. The van der Waals surface area contributed by atoms with E-state index in [1.165, 1.54) is 80.0 Å². The average molecular weight is 777 g/mol. The van der Waals surface area contributed by atoms with Crippen LogP contribution in [0.4, 0.5) is 0 Å². The quantitative estimate of drug-likeness (QED) is 0.0480. The Balaban J connectivity index is 1.37. The van der Waals surface area contributed by atoms with Crippen LogP contribution in [0.3, 0.4) is 0 Å². The van der Waals surface area contributed by atoms with E-state index in [2.05, 4.69) is 62.0 Å². The van der Waals surface area contributed by atoms with E-state index in [1.807, 2.05) is 0 Å². The number of aromatic nitrogens is 4. The van der Waals surface area contributed by atoms with E-state index in [0.29, 0.717) is 16.8 Å². The zero-order valence-corrected chi connectivity index (χ0v) is 30.1. The predicted octanol–water partition coefficient (Wildman–Crippen LogP) is 3.25. The highest BCUT2D eigenvalue weighted by Crippen LogP contribution is 2.33. The monoisotopic (exact) mass is 776 g/mol. The summed E-state index contributed by atoms with van der Waals surface area (Å²) in [5, 5.41) is 49.3. The summed E-state index contributed by atoms with van der Waals surface area (Å²) in [5.41, 5.74) is 11.6.